The topological polar surface area (TPSA) is 76.1 Å². The maximum absolute atomic E-state index is 12.2. The predicted octanol–water partition coefficient (Wildman–Crippen LogP) is 1.29. The van der Waals surface area contributed by atoms with E-state index in [1.54, 1.807) is 31.4 Å². The summed E-state index contributed by atoms with van der Waals surface area (Å²) in [5.74, 6) is -0.774. The first-order chi connectivity index (χ1) is 9.63. The number of benzene rings is 1. The van der Waals surface area contributed by atoms with Crippen molar-refractivity contribution < 1.29 is 24.2 Å². The Morgan fingerprint density at radius 3 is 2.90 bits per heavy atom. The van der Waals surface area contributed by atoms with Gasteiger partial charge in [-0.15, -0.1) is 0 Å². The molecule has 1 heterocycles. The average molecular weight is 279 g/mol. The summed E-state index contributed by atoms with van der Waals surface area (Å²) >= 11 is 0. The minimum atomic E-state index is -1.07. The molecule has 1 amide bonds. The molecule has 0 saturated heterocycles. The molecule has 6 heteroatoms. The van der Waals surface area contributed by atoms with Gasteiger partial charge in [0, 0.05) is 20.1 Å². The van der Waals surface area contributed by atoms with Gasteiger partial charge < -0.3 is 19.5 Å². The van der Waals surface area contributed by atoms with E-state index in [-0.39, 0.29) is 12.5 Å². The van der Waals surface area contributed by atoms with Gasteiger partial charge in [0.05, 0.1) is 12.2 Å². The van der Waals surface area contributed by atoms with Gasteiger partial charge in [-0.25, -0.2) is 4.79 Å². The fraction of sp³-hybridized carbons (Fsp3) is 0.429. The summed E-state index contributed by atoms with van der Waals surface area (Å²) in [7, 11) is 1.58. The van der Waals surface area contributed by atoms with Crippen LogP contribution in [-0.2, 0) is 14.3 Å². The Morgan fingerprint density at radius 1 is 1.45 bits per heavy atom. The van der Waals surface area contributed by atoms with Crippen LogP contribution < -0.4 is 9.64 Å². The molecule has 20 heavy (non-hydrogen) atoms. The van der Waals surface area contributed by atoms with Crippen LogP contribution in [0.4, 0.5) is 5.69 Å². The molecule has 0 fully saturated rings. The van der Waals surface area contributed by atoms with E-state index < -0.39 is 12.1 Å². The number of hydrogen-bond acceptors (Lipinski definition) is 4. The lowest BCUT2D eigenvalue weighted by Crippen LogP contribution is -2.47. The van der Waals surface area contributed by atoms with Crippen LogP contribution in [0.5, 0.6) is 5.75 Å². The quantitative estimate of drug-likeness (QED) is 0.822. The van der Waals surface area contributed by atoms with Crippen molar-refractivity contribution in [1.29, 1.82) is 0 Å². The van der Waals surface area contributed by atoms with Crippen molar-refractivity contribution in [2.75, 3.05) is 25.2 Å². The first kappa shape index (κ1) is 14.3. The molecule has 1 aromatic rings. The molecule has 0 bridgehead atoms. The summed E-state index contributed by atoms with van der Waals surface area (Å²) in [6, 6.07) is 6.96. The van der Waals surface area contributed by atoms with Gasteiger partial charge in [0.15, 0.2) is 0 Å². The van der Waals surface area contributed by atoms with E-state index in [2.05, 4.69) is 0 Å². The van der Waals surface area contributed by atoms with Crippen molar-refractivity contribution in [1.82, 2.24) is 0 Å². The van der Waals surface area contributed by atoms with Gasteiger partial charge in [0.25, 0.3) is 0 Å². The first-order valence-corrected chi connectivity index (χ1v) is 6.41. The van der Waals surface area contributed by atoms with Crippen molar-refractivity contribution in [2.24, 2.45) is 0 Å². The van der Waals surface area contributed by atoms with Gasteiger partial charge in [-0.05, 0) is 18.6 Å². The molecular formula is C14H17NO5. The van der Waals surface area contributed by atoms with Gasteiger partial charge in [0.2, 0.25) is 12.0 Å². The molecule has 1 aliphatic heterocycles. The van der Waals surface area contributed by atoms with E-state index in [4.69, 9.17) is 14.6 Å². The number of carbonyl (C=O) groups excluding carboxylic acids is 1. The lowest BCUT2D eigenvalue weighted by Gasteiger charge is -2.33. The molecular weight excluding hydrogens is 262 g/mol. The van der Waals surface area contributed by atoms with Crippen LogP contribution in [0.25, 0.3) is 0 Å². The van der Waals surface area contributed by atoms with Crippen LogP contribution in [0.2, 0.25) is 0 Å². The zero-order valence-corrected chi connectivity index (χ0v) is 11.2. The van der Waals surface area contributed by atoms with Crippen molar-refractivity contribution in [3.05, 3.63) is 24.3 Å². The fourth-order valence-electron chi connectivity index (χ4n) is 2.10. The molecule has 2 rings (SSSR count). The summed E-state index contributed by atoms with van der Waals surface area (Å²) in [6.45, 7) is 0.526. The van der Waals surface area contributed by atoms with E-state index in [1.807, 2.05) is 0 Å². The molecule has 1 aliphatic rings. The number of hydrogen-bond donors (Lipinski definition) is 1. The first-order valence-electron chi connectivity index (χ1n) is 6.41. The monoisotopic (exact) mass is 279 g/mol. The van der Waals surface area contributed by atoms with Crippen molar-refractivity contribution in [3.63, 3.8) is 0 Å². The van der Waals surface area contributed by atoms with E-state index >= 15 is 0 Å². The Hall–Kier alpha value is -2.08. The van der Waals surface area contributed by atoms with Gasteiger partial charge >= 0.3 is 5.97 Å². The fourth-order valence-corrected chi connectivity index (χ4v) is 2.10. The zero-order chi connectivity index (χ0) is 14.5. The third kappa shape index (κ3) is 3.08. The van der Waals surface area contributed by atoms with Crippen molar-refractivity contribution in [2.45, 2.75) is 18.9 Å². The molecule has 0 saturated carbocycles. The molecule has 108 valence electrons. The highest BCUT2D eigenvalue weighted by Gasteiger charge is 2.33. The summed E-state index contributed by atoms with van der Waals surface area (Å²) in [5, 5.41) is 9.09. The van der Waals surface area contributed by atoms with Crippen LogP contribution in [0.3, 0.4) is 0 Å². The minimum absolute atomic E-state index is 0.0260. The van der Waals surface area contributed by atoms with Crippen molar-refractivity contribution in [3.8, 4) is 5.75 Å². The zero-order valence-electron chi connectivity index (χ0n) is 11.2. The smallest absolute Gasteiger partial charge is 0.346 e. The maximum Gasteiger partial charge on any atom is 0.346 e. The highest BCUT2D eigenvalue weighted by molar-refractivity contribution is 5.96. The van der Waals surface area contributed by atoms with E-state index in [0.717, 1.165) is 0 Å². The number of rotatable bonds is 5. The summed E-state index contributed by atoms with van der Waals surface area (Å²) in [6.07, 6.45) is -0.113. The number of fused-ring (bicyclic) bond motifs is 1. The largest absolute Gasteiger partial charge is 0.478 e. The number of carboxylic acids is 1. The van der Waals surface area contributed by atoms with Gasteiger partial charge in [0.1, 0.15) is 5.75 Å². The molecule has 0 spiro atoms. The van der Waals surface area contributed by atoms with Crippen molar-refractivity contribution >= 4 is 17.6 Å². The second-order valence-electron chi connectivity index (χ2n) is 4.51. The second kappa shape index (κ2) is 6.38. The summed E-state index contributed by atoms with van der Waals surface area (Å²) in [5.41, 5.74) is 0.618. The highest BCUT2D eigenvalue weighted by Crippen LogP contribution is 2.33. The Bertz CT molecular complexity index is 502. The predicted molar refractivity (Wildman–Crippen MR) is 72.0 cm³/mol. The average Bonchev–Trinajstić information content (AvgIpc) is 2.46. The standard InChI is InChI=1S/C14H17NO5/c1-19-8-4-7-13(16)15-9-12(14(17)18)20-11-6-3-2-5-10(11)15/h2-3,5-6,12H,4,7-9H2,1H3,(H,17,18). The Balaban J connectivity index is 2.18. The number of anilines is 1. The molecule has 0 radical (unpaired) electrons. The number of amides is 1. The third-order valence-corrected chi connectivity index (χ3v) is 3.09. The number of ether oxygens (including phenoxy) is 2. The van der Waals surface area contributed by atoms with Crippen LogP contribution in [0, 0.1) is 0 Å². The van der Waals surface area contributed by atoms with E-state index in [9.17, 15) is 9.59 Å². The van der Waals surface area contributed by atoms with Crippen LogP contribution in [-0.4, -0.2) is 43.3 Å². The normalized spacial score (nSPS) is 17.2. The molecule has 1 atom stereocenters. The number of methoxy groups -OCH3 is 1. The molecule has 6 nitrogen and oxygen atoms in total. The number of carboxylic acid groups (broad SMARTS) is 1. The van der Waals surface area contributed by atoms with Crippen LogP contribution >= 0.6 is 0 Å². The molecule has 1 unspecified atom stereocenters. The SMILES string of the molecule is COCCCC(=O)N1CC(C(=O)O)Oc2ccccc21. The molecule has 0 aromatic heterocycles. The van der Waals surface area contributed by atoms with Crippen LogP contribution in [0.1, 0.15) is 12.8 Å². The van der Waals surface area contributed by atoms with Gasteiger partial charge in [-0.1, -0.05) is 12.1 Å². The lowest BCUT2D eigenvalue weighted by molar-refractivity contribution is -0.145. The Kier molecular flexibility index (Phi) is 4.57. The molecule has 0 aliphatic carbocycles. The van der Waals surface area contributed by atoms with Gasteiger partial charge in [-0.3, -0.25) is 4.79 Å². The molecule has 1 N–H and O–H groups in total. The third-order valence-electron chi connectivity index (χ3n) is 3.09. The number of carbonyl (C=O) groups is 2. The van der Waals surface area contributed by atoms with Crippen LogP contribution in [0.15, 0.2) is 24.3 Å². The maximum atomic E-state index is 12.2. The number of para-hydroxylation sites is 2. The lowest BCUT2D eigenvalue weighted by atomic mass is 10.1. The Labute approximate surface area is 116 Å². The Morgan fingerprint density at radius 2 is 2.20 bits per heavy atom. The second-order valence-corrected chi connectivity index (χ2v) is 4.51. The van der Waals surface area contributed by atoms with E-state index in [0.29, 0.717) is 30.9 Å². The molecule has 1 aromatic carbocycles. The number of nitrogens with zero attached hydrogens (tertiary/aromatic N) is 1. The highest BCUT2D eigenvalue weighted by atomic mass is 16.5. The summed E-state index contributed by atoms with van der Waals surface area (Å²) < 4.78 is 10.3. The minimum Gasteiger partial charge on any atom is -0.478 e. The van der Waals surface area contributed by atoms with E-state index in [1.165, 1.54) is 4.90 Å². The summed E-state index contributed by atoms with van der Waals surface area (Å²) in [4.78, 5) is 24.8. The number of aliphatic carboxylic acids is 1. The van der Waals surface area contributed by atoms with Gasteiger partial charge in [-0.2, -0.15) is 0 Å².